The van der Waals surface area contributed by atoms with Gasteiger partial charge in [0.2, 0.25) is 15.0 Å². The molecule has 0 saturated carbocycles. The lowest BCUT2D eigenvalue weighted by Crippen LogP contribution is -2.26. The smallest absolute Gasteiger partial charge is 0.237 e. The number of rotatable bonds is 3. The van der Waals surface area contributed by atoms with Crippen LogP contribution in [-0.2, 0) is 13.8 Å². The SMILES string of the molecule is CC(C)c1cccc(N2CC(S(=O)(=O)Cl)CC2=O)c1. The molecule has 6 heteroatoms. The molecule has 1 unspecified atom stereocenters. The van der Waals surface area contributed by atoms with E-state index < -0.39 is 14.3 Å². The van der Waals surface area contributed by atoms with Crippen LogP contribution in [0.4, 0.5) is 5.69 Å². The summed E-state index contributed by atoms with van der Waals surface area (Å²) >= 11 is 0. The predicted octanol–water partition coefficient (Wildman–Crippen LogP) is 2.48. The number of amides is 1. The lowest BCUT2D eigenvalue weighted by molar-refractivity contribution is -0.117. The molecule has 0 aliphatic carbocycles. The molecule has 1 heterocycles. The van der Waals surface area contributed by atoms with Crippen molar-refractivity contribution in [1.29, 1.82) is 0 Å². The van der Waals surface area contributed by atoms with Gasteiger partial charge in [0.25, 0.3) is 0 Å². The van der Waals surface area contributed by atoms with Crippen molar-refractivity contribution in [2.24, 2.45) is 0 Å². The van der Waals surface area contributed by atoms with Gasteiger partial charge in [-0.05, 0) is 23.6 Å². The van der Waals surface area contributed by atoms with Crippen molar-refractivity contribution < 1.29 is 13.2 Å². The third kappa shape index (κ3) is 3.09. The second-order valence-electron chi connectivity index (χ2n) is 5.06. The van der Waals surface area contributed by atoms with Gasteiger partial charge >= 0.3 is 0 Å². The number of hydrogen-bond donors (Lipinski definition) is 0. The van der Waals surface area contributed by atoms with Gasteiger partial charge in [-0.2, -0.15) is 0 Å². The van der Waals surface area contributed by atoms with E-state index >= 15 is 0 Å². The molecule has 1 saturated heterocycles. The molecule has 0 bridgehead atoms. The molecule has 1 aliphatic rings. The molecule has 0 spiro atoms. The Morgan fingerprint density at radius 3 is 2.58 bits per heavy atom. The van der Waals surface area contributed by atoms with Crippen LogP contribution in [0.5, 0.6) is 0 Å². The number of benzene rings is 1. The number of carbonyl (C=O) groups is 1. The number of carbonyl (C=O) groups excluding carboxylic acids is 1. The Bertz CT molecular complexity index is 598. The van der Waals surface area contributed by atoms with Crippen LogP contribution in [0.15, 0.2) is 24.3 Å². The van der Waals surface area contributed by atoms with Gasteiger partial charge in [0.15, 0.2) is 0 Å². The van der Waals surface area contributed by atoms with Crippen molar-refractivity contribution >= 4 is 31.3 Å². The van der Waals surface area contributed by atoms with E-state index in [-0.39, 0.29) is 18.9 Å². The van der Waals surface area contributed by atoms with Crippen molar-refractivity contribution in [3.63, 3.8) is 0 Å². The van der Waals surface area contributed by atoms with Gasteiger partial charge in [-0.1, -0.05) is 26.0 Å². The molecule has 4 nitrogen and oxygen atoms in total. The summed E-state index contributed by atoms with van der Waals surface area (Å²) < 4.78 is 22.6. The van der Waals surface area contributed by atoms with Crippen LogP contribution < -0.4 is 4.90 Å². The normalized spacial score (nSPS) is 20.3. The number of hydrogen-bond acceptors (Lipinski definition) is 3. The first kappa shape index (κ1) is 14.3. The molecule has 1 aliphatic heterocycles. The van der Waals surface area contributed by atoms with Crippen LogP contribution in [-0.4, -0.2) is 26.1 Å². The van der Waals surface area contributed by atoms with Crippen molar-refractivity contribution in [1.82, 2.24) is 0 Å². The molecule has 104 valence electrons. The van der Waals surface area contributed by atoms with E-state index in [2.05, 4.69) is 13.8 Å². The molecule has 0 N–H and O–H groups in total. The van der Waals surface area contributed by atoms with Crippen LogP contribution in [0.3, 0.4) is 0 Å². The topological polar surface area (TPSA) is 54.5 Å². The summed E-state index contributed by atoms with van der Waals surface area (Å²) in [7, 11) is 1.64. The fourth-order valence-corrected chi connectivity index (χ4v) is 3.19. The zero-order chi connectivity index (χ0) is 14.2. The molecule has 1 aromatic rings. The van der Waals surface area contributed by atoms with Crippen LogP contribution in [0, 0.1) is 0 Å². The van der Waals surface area contributed by atoms with Crippen LogP contribution in [0.1, 0.15) is 31.7 Å². The average molecular weight is 302 g/mol. The molecule has 2 rings (SSSR count). The Morgan fingerprint density at radius 1 is 1.37 bits per heavy atom. The Balaban J connectivity index is 2.28. The van der Waals surface area contributed by atoms with Gasteiger partial charge in [-0.25, -0.2) is 8.42 Å². The van der Waals surface area contributed by atoms with Crippen molar-refractivity contribution in [2.45, 2.75) is 31.4 Å². The fourth-order valence-electron chi connectivity index (χ4n) is 2.16. The van der Waals surface area contributed by atoms with E-state index in [4.69, 9.17) is 10.7 Å². The largest absolute Gasteiger partial charge is 0.311 e. The zero-order valence-corrected chi connectivity index (χ0v) is 12.4. The van der Waals surface area contributed by atoms with Gasteiger partial charge in [0.05, 0.1) is 0 Å². The standard InChI is InChI=1S/C13H16ClNO3S/c1-9(2)10-4-3-5-11(6-10)15-8-12(7-13(15)16)19(14,17)18/h3-6,9,12H,7-8H2,1-2H3. The molecule has 1 amide bonds. The summed E-state index contributed by atoms with van der Waals surface area (Å²) in [5.41, 5.74) is 1.85. The minimum absolute atomic E-state index is 0.0439. The quantitative estimate of drug-likeness (QED) is 0.806. The monoisotopic (exact) mass is 301 g/mol. The van der Waals surface area contributed by atoms with E-state index in [1.165, 1.54) is 4.90 Å². The summed E-state index contributed by atoms with van der Waals surface area (Å²) in [5, 5.41) is -0.815. The summed E-state index contributed by atoms with van der Waals surface area (Å²) in [4.78, 5) is 13.4. The maximum absolute atomic E-state index is 11.9. The van der Waals surface area contributed by atoms with E-state index in [1.54, 1.807) is 0 Å². The highest BCUT2D eigenvalue weighted by Gasteiger charge is 2.37. The highest BCUT2D eigenvalue weighted by atomic mass is 35.7. The predicted molar refractivity (Wildman–Crippen MR) is 76.1 cm³/mol. The molecule has 0 aromatic heterocycles. The van der Waals surface area contributed by atoms with E-state index in [0.717, 1.165) is 11.3 Å². The minimum Gasteiger partial charge on any atom is -0.311 e. The first-order valence-electron chi connectivity index (χ1n) is 6.13. The lowest BCUT2D eigenvalue weighted by atomic mass is 10.0. The van der Waals surface area contributed by atoms with Gasteiger partial charge in [-0.15, -0.1) is 0 Å². The van der Waals surface area contributed by atoms with Gasteiger partial charge in [0.1, 0.15) is 5.25 Å². The van der Waals surface area contributed by atoms with Gasteiger partial charge in [0, 0.05) is 29.3 Å². The van der Waals surface area contributed by atoms with E-state index in [1.807, 2.05) is 24.3 Å². The van der Waals surface area contributed by atoms with E-state index in [9.17, 15) is 13.2 Å². The van der Waals surface area contributed by atoms with Crippen LogP contribution >= 0.6 is 10.7 Å². The number of halogens is 1. The van der Waals surface area contributed by atoms with Crippen LogP contribution in [0.2, 0.25) is 0 Å². The highest BCUT2D eigenvalue weighted by molar-refractivity contribution is 8.14. The molecular formula is C13H16ClNO3S. The number of anilines is 1. The average Bonchev–Trinajstić information content (AvgIpc) is 2.71. The van der Waals surface area contributed by atoms with E-state index in [0.29, 0.717) is 5.92 Å². The van der Waals surface area contributed by atoms with Gasteiger partial charge in [-0.3, -0.25) is 4.79 Å². The molecule has 1 aromatic carbocycles. The maximum Gasteiger partial charge on any atom is 0.237 e. The molecule has 1 atom stereocenters. The second kappa shape index (κ2) is 5.13. The Kier molecular flexibility index (Phi) is 3.87. The van der Waals surface area contributed by atoms with Crippen molar-refractivity contribution in [3.8, 4) is 0 Å². The first-order valence-corrected chi connectivity index (χ1v) is 8.50. The third-order valence-corrected chi connectivity index (χ3v) is 5.20. The fraction of sp³-hybridized carbons (Fsp3) is 0.462. The summed E-state index contributed by atoms with van der Waals surface area (Å²) in [6.07, 6.45) is -0.0439. The van der Waals surface area contributed by atoms with Crippen LogP contribution in [0.25, 0.3) is 0 Å². The minimum atomic E-state index is -3.69. The Hall–Kier alpha value is -1.07. The Morgan fingerprint density at radius 2 is 2.05 bits per heavy atom. The summed E-state index contributed by atoms with van der Waals surface area (Å²) in [6.45, 7) is 4.26. The highest BCUT2D eigenvalue weighted by Crippen LogP contribution is 2.28. The maximum atomic E-state index is 11.9. The number of nitrogens with zero attached hydrogens (tertiary/aromatic N) is 1. The Labute approximate surface area is 117 Å². The van der Waals surface area contributed by atoms with Crippen molar-refractivity contribution in [3.05, 3.63) is 29.8 Å². The third-order valence-electron chi connectivity index (χ3n) is 3.34. The second-order valence-corrected chi connectivity index (χ2v) is 7.96. The molecule has 0 radical (unpaired) electrons. The summed E-state index contributed by atoms with van der Waals surface area (Å²) in [6, 6.07) is 7.60. The van der Waals surface area contributed by atoms with Crippen molar-refractivity contribution in [2.75, 3.05) is 11.4 Å². The molecular weight excluding hydrogens is 286 g/mol. The first-order chi connectivity index (χ1) is 8.79. The molecule has 19 heavy (non-hydrogen) atoms. The molecule has 1 fully saturated rings. The zero-order valence-electron chi connectivity index (χ0n) is 10.8. The summed E-state index contributed by atoms with van der Waals surface area (Å²) in [5.74, 6) is 0.153. The lowest BCUT2D eigenvalue weighted by Gasteiger charge is -2.18. The van der Waals surface area contributed by atoms with Gasteiger partial charge < -0.3 is 4.90 Å².